The van der Waals surface area contributed by atoms with E-state index < -0.39 is 0 Å². The summed E-state index contributed by atoms with van der Waals surface area (Å²) >= 11 is 8.90. The fourth-order valence-corrected chi connectivity index (χ4v) is 6.39. The molecule has 4 bridgehead atoms. The summed E-state index contributed by atoms with van der Waals surface area (Å²) in [6, 6.07) is 5.68. The van der Waals surface area contributed by atoms with Gasteiger partial charge in [0, 0.05) is 21.7 Å². The normalized spacial score (nSPS) is 31.1. The second-order valence-corrected chi connectivity index (χ2v) is 9.68. The van der Waals surface area contributed by atoms with Crippen LogP contribution >= 0.6 is 28.1 Å². The van der Waals surface area contributed by atoms with Crippen LogP contribution < -0.4 is 15.4 Å². The van der Waals surface area contributed by atoms with E-state index in [1.54, 1.807) is 13.2 Å². The largest absolute Gasteiger partial charge is 0.496 e. The van der Waals surface area contributed by atoms with Crippen LogP contribution in [0.1, 0.15) is 44.1 Å². The van der Waals surface area contributed by atoms with E-state index in [-0.39, 0.29) is 11.4 Å². The number of nitrogens with one attached hydrogen (secondary N) is 2. The Morgan fingerprint density at radius 2 is 1.85 bits per heavy atom. The summed E-state index contributed by atoms with van der Waals surface area (Å²) in [5.74, 6) is 3.01. The van der Waals surface area contributed by atoms with Gasteiger partial charge in [0.2, 0.25) is 5.91 Å². The number of hydrogen-bond donors (Lipinski definition) is 2. The zero-order valence-electron chi connectivity index (χ0n) is 15.5. The molecule has 5 rings (SSSR count). The van der Waals surface area contributed by atoms with Gasteiger partial charge in [-0.3, -0.25) is 10.1 Å². The molecule has 1 aromatic carbocycles. The average molecular weight is 449 g/mol. The highest BCUT2D eigenvalue weighted by atomic mass is 79.9. The van der Waals surface area contributed by atoms with Crippen molar-refractivity contribution in [2.45, 2.75) is 44.1 Å². The highest BCUT2D eigenvalue weighted by Gasteiger charge is 2.51. The molecule has 2 N–H and O–H groups in total. The molecular weight excluding hydrogens is 424 g/mol. The molecule has 0 saturated heterocycles. The highest BCUT2D eigenvalue weighted by Crippen LogP contribution is 2.55. The Morgan fingerprint density at radius 3 is 2.44 bits per heavy atom. The molecule has 1 amide bonds. The second-order valence-electron chi connectivity index (χ2n) is 8.36. The van der Waals surface area contributed by atoms with Crippen molar-refractivity contribution in [1.29, 1.82) is 0 Å². The molecule has 4 nitrogen and oxygen atoms in total. The first-order chi connectivity index (χ1) is 12.9. The first-order valence-corrected chi connectivity index (χ1v) is 10.8. The van der Waals surface area contributed by atoms with Crippen LogP contribution in [0.25, 0.3) is 6.08 Å². The maximum atomic E-state index is 12.3. The summed E-state index contributed by atoms with van der Waals surface area (Å²) in [7, 11) is 1.62. The number of halogens is 1. The topological polar surface area (TPSA) is 50.4 Å². The number of carbonyl (C=O) groups excluding carboxylic acids is 1. The van der Waals surface area contributed by atoms with Crippen LogP contribution in [-0.2, 0) is 4.79 Å². The summed E-state index contributed by atoms with van der Waals surface area (Å²) in [5, 5.41) is 6.79. The predicted molar refractivity (Wildman–Crippen MR) is 115 cm³/mol. The first-order valence-electron chi connectivity index (χ1n) is 9.59. The summed E-state index contributed by atoms with van der Waals surface area (Å²) in [6.07, 6.45) is 11.0. The molecule has 0 unspecified atom stereocenters. The molecule has 0 heterocycles. The maximum absolute atomic E-state index is 12.3. The number of amides is 1. The number of thiocarbonyl (C=S) groups is 1. The van der Waals surface area contributed by atoms with Crippen molar-refractivity contribution in [3.05, 3.63) is 34.3 Å². The van der Waals surface area contributed by atoms with Gasteiger partial charge in [0.15, 0.2) is 5.11 Å². The molecule has 0 atom stereocenters. The van der Waals surface area contributed by atoms with Gasteiger partial charge >= 0.3 is 0 Å². The number of ether oxygens (including phenoxy) is 1. The molecule has 27 heavy (non-hydrogen) atoms. The Bertz CT molecular complexity index is 757. The van der Waals surface area contributed by atoms with Crippen molar-refractivity contribution in [3.63, 3.8) is 0 Å². The Labute approximate surface area is 174 Å². The Balaban J connectivity index is 1.36. The lowest BCUT2D eigenvalue weighted by molar-refractivity contribution is -0.115. The molecule has 144 valence electrons. The standard InChI is InChI=1S/C21H25BrN2O2S/c1-26-18-4-3-17(22)9-16(18)2-5-19(25)23-20(27)24-21-10-13-6-14(11-21)8-15(7-13)12-21/h2-5,9,13-15H,6-8,10-12H2,1H3,(H2,23,24,25,27). The van der Waals surface area contributed by atoms with Gasteiger partial charge < -0.3 is 10.1 Å². The first kappa shape index (κ1) is 18.9. The minimum Gasteiger partial charge on any atom is -0.496 e. The summed E-state index contributed by atoms with van der Waals surface area (Å²) in [5.41, 5.74) is 0.943. The molecule has 6 heteroatoms. The third-order valence-electron chi connectivity index (χ3n) is 6.26. The van der Waals surface area contributed by atoms with Crippen LogP contribution in [0.3, 0.4) is 0 Å². The summed E-state index contributed by atoms with van der Waals surface area (Å²) in [6.45, 7) is 0. The van der Waals surface area contributed by atoms with Gasteiger partial charge in [0.1, 0.15) is 5.75 Å². The fourth-order valence-electron chi connectivity index (χ4n) is 5.69. The van der Waals surface area contributed by atoms with Crippen LogP contribution in [0.4, 0.5) is 0 Å². The third kappa shape index (κ3) is 4.21. The molecule has 4 aliphatic rings. The molecule has 4 saturated carbocycles. The molecule has 0 spiro atoms. The molecule has 0 aromatic heterocycles. The lowest BCUT2D eigenvalue weighted by atomic mass is 9.53. The molecule has 4 fully saturated rings. The second kappa shape index (κ2) is 7.55. The SMILES string of the molecule is COc1ccc(Br)cc1C=CC(=O)NC(=S)NC12CC3CC(CC(C3)C1)C2. The fraction of sp³-hybridized carbons (Fsp3) is 0.524. The Hall–Kier alpha value is -1.40. The van der Waals surface area contributed by atoms with Crippen molar-refractivity contribution in [3.8, 4) is 5.75 Å². The van der Waals surface area contributed by atoms with Gasteiger partial charge in [-0.2, -0.15) is 0 Å². The van der Waals surface area contributed by atoms with Gasteiger partial charge in [-0.05, 0) is 92.8 Å². The minimum atomic E-state index is -0.223. The van der Waals surface area contributed by atoms with E-state index in [4.69, 9.17) is 17.0 Å². The van der Waals surface area contributed by atoms with Crippen molar-refractivity contribution in [1.82, 2.24) is 10.6 Å². The van der Waals surface area contributed by atoms with Crippen LogP contribution in [-0.4, -0.2) is 23.7 Å². The summed E-state index contributed by atoms with van der Waals surface area (Å²) < 4.78 is 6.26. The van der Waals surface area contributed by atoms with E-state index in [9.17, 15) is 4.79 Å². The Kier molecular flexibility index (Phi) is 5.30. The quantitative estimate of drug-likeness (QED) is 0.528. The number of carbonyl (C=O) groups is 1. The predicted octanol–water partition coefficient (Wildman–Crippen LogP) is 4.43. The van der Waals surface area contributed by atoms with E-state index in [1.807, 2.05) is 18.2 Å². The molecular formula is C21H25BrN2O2S. The zero-order valence-corrected chi connectivity index (χ0v) is 17.9. The van der Waals surface area contributed by atoms with Crippen LogP contribution in [0.15, 0.2) is 28.7 Å². The van der Waals surface area contributed by atoms with Crippen LogP contribution in [0.5, 0.6) is 5.75 Å². The zero-order chi connectivity index (χ0) is 19.0. The van der Waals surface area contributed by atoms with Gasteiger partial charge in [-0.15, -0.1) is 0 Å². The van der Waals surface area contributed by atoms with Gasteiger partial charge in [-0.1, -0.05) is 15.9 Å². The maximum Gasteiger partial charge on any atom is 0.250 e. The Morgan fingerprint density at radius 1 is 1.22 bits per heavy atom. The highest BCUT2D eigenvalue weighted by molar-refractivity contribution is 9.10. The van der Waals surface area contributed by atoms with E-state index in [1.165, 1.54) is 44.6 Å². The average Bonchev–Trinajstić information content (AvgIpc) is 2.58. The molecule has 0 radical (unpaired) electrons. The molecule has 4 aliphatic carbocycles. The van der Waals surface area contributed by atoms with E-state index in [0.29, 0.717) is 5.11 Å². The van der Waals surface area contributed by atoms with Crippen molar-refractivity contribution in [2.24, 2.45) is 17.8 Å². The van der Waals surface area contributed by atoms with Crippen molar-refractivity contribution < 1.29 is 9.53 Å². The van der Waals surface area contributed by atoms with Crippen molar-refractivity contribution in [2.75, 3.05) is 7.11 Å². The third-order valence-corrected chi connectivity index (χ3v) is 6.96. The van der Waals surface area contributed by atoms with E-state index in [2.05, 4.69) is 26.6 Å². The number of hydrogen-bond acceptors (Lipinski definition) is 3. The molecule has 1 aromatic rings. The van der Waals surface area contributed by atoms with Crippen LogP contribution in [0.2, 0.25) is 0 Å². The van der Waals surface area contributed by atoms with Crippen molar-refractivity contribution >= 4 is 45.2 Å². The van der Waals surface area contributed by atoms with Gasteiger partial charge in [-0.25, -0.2) is 0 Å². The monoisotopic (exact) mass is 448 g/mol. The summed E-state index contributed by atoms with van der Waals surface area (Å²) in [4.78, 5) is 12.3. The van der Waals surface area contributed by atoms with E-state index in [0.717, 1.165) is 33.5 Å². The lowest BCUT2D eigenvalue weighted by Gasteiger charge is -2.57. The number of methoxy groups -OCH3 is 1. The van der Waals surface area contributed by atoms with E-state index >= 15 is 0 Å². The smallest absolute Gasteiger partial charge is 0.250 e. The number of rotatable bonds is 4. The van der Waals surface area contributed by atoms with Gasteiger partial charge in [0.05, 0.1) is 7.11 Å². The minimum absolute atomic E-state index is 0.107. The molecule has 0 aliphatic heterocycles. The number of benzene rings is 1. The lowest BCUT2D eigenvalue weighted by Crippen LogP contribution is -2.61. The van der Waals surface area contributed by atoms with Crippen LogP contribution in [0, 0.1) is 17.8 Å². The van der Waals surface area contributed by atoms with Gasteiger partial charge in [0.25, 0.3) is 0 Å².